The summed E-state index contributed by atoms with van der Waals surface area (Å²) in [5.41, 5.74) is 7.55. The Morgan fingerprint density at radius 2 is 1.38 bits per heavy atom. The van der Waals surface area contributed by atoms with E-state index in [1.807, 2.05) is 0 Å². The van der Waals surface area contributed by atoms with Crippen molar-refractivity contribution < 1.29 is 0 Å². The van der Waals surface area contributed by atoms with Crippen LogP contribution < -0.4 is 5.73 Å². The van der Waals surface area contributed by atoms with Crippen molar-refractivity contribution in [3.8, 4) is 0 Å². The molecule has 0 amide bonds. The quantitative estimate of drug-likeness (QED) is 0.612. The zero-order valence-corrected chi connectivity index (χ0v) is 15.2. The van der Waals surface area contributed by atoms with Gasteiger partial charge in [-0.25, -0.2) is 0 Å². The summed E-state index contributed by atoms with van der Waals surface area (Å²) in [6.07, 6.45) is 21.7. The predicted octanol–water partition coefficient (Wildman–Crippen LogP) is 5.16. The maximum Gasteiger partial charge on any atom is 0.00757 e. The molecule has 0 aromatic heterocycles. The first-order valence-corrected chi connectivity index (χ1v) is 11.3. The average molecular weight is 326 g/mol. The summed E-state index contributed by atoms with van der Waals surface area (Å²) in [5.74, 6) is 7.98. The fraction of sp³-hybridized carbons (Fsp3) is 0.913. The Kier molecular flexibility index (Phi) is 3.16. The van der Waals surface area contributed by atoms with Crippen LogP contribution in [0.2, 0.25) is 0 Å². The molecule has 1 nitrogen and oxygen atoms in total. The second kappa shape index (κ2) is 5.12. The molecule has 1 heteroatoms. The molecule has 0 aliphatic heterocycles. The third-order valence-electron chi connectivity index (χ3n) is 10.2. The van der Waals surface area contributed by atoms with Gasteiger partial charge in [0.2, 0.25) is 0 Å². The van der Waals surface area contributed by atoms with Gasteiger partial charge in [-0.3, -0.25) is 0 Å². The molecule has 9 atom stereocenters. The Hall–Kier alpha value is -0.300. The summed E-state index contributed by atoms with van der Waals surface area (Å²) in [6, 6.07) is 0.525. The first-order valence-electron chi connectivity index (χ1n) is 11.3. The van der Waals surface area contributed by atoms with Crippen molar-refractivity contribution in [2.24, 2.45) is 58.5 Å². The lowest BCUT2D eigenvalue weighted by molar-refractivity contribution is -0.0184. The largest absolute Gasteiger partial charge is 0.327 e. The maximum atomic E-state index is 6.90. The topological polar surface area (TPSA) is 26.0 Å². The van der Waals surface area contributed by atoms with E-state index in [-0.39, 0.29) is 0 Å². The minimum Gasteiger partial charge on any atom is -0.327 e. The molecule has 0 radical (unpaired) electrons. The van der Waals surface area contributed by atoms with Crippen LogP contribution in [0.1, 0.15) is 70.6 Å². The zero-order chi connectivity index (χ0) is 15.9. The van der Waals surface area contributed by atoms with Gasteiger partial charge in [-0.05, 0) is 97.7 Å². The number of rotatable bonds is 0. The lowest BCUT2D eigenvalue weighted by atomic mass is 9.54. The number of nitrogens with two attached hydrogens (primary N) is 1. The molecular formula is C23H35N. The van der Waals surface area contributed by atoms with E-state index in [1.54, 1.807) is 25.7 Å². The molecule has 0 heterocycles. The maximum absolute atomic E-state index is 6.90. The van der Waals surface area contributed by atoms with Crippen molar-refractivity contribution in [2.45, 2.75) is 76.7 Å². The van der Waals surface area contributed by atoms with E-state index in [0.29, 0.717) is 11.5 Å². The molecule has 2 N–H and O–H groups in total. The van der Waals surface area contributed by atoms with Gasteiger partial charge in [0, 0.05) is 6.04 Å². The van der Waals surface area contributed by atoms with E-state index in [2.05, 4.69) is 12.2 Å². The Morgan fingerprint density at radius 3 is 2.08 bits per heavy atom. The molecule has 1 spiro atoms. The molecular weight excluding hydrogens is 290 g/mol. The Balaban J connectivity index is 1.53. The van der Waals surface area contributed by atoms with E-state index in [9.17, 15) is 0 Å². The molecule has 0 aromatic carbocycles. The van der Waals surface area contributed by atoms with Crippen LogP contribution in [0.25, 0.3) is 0 Å². The summed E-state index contributed by atoms with van der Waals surface area (Å²) in [4.78, 5) is 0. The second-order valence-electron chi connectivity index (χ2n) is 10.4. The number of hydrogen-bond acceptors (Lipinski definition) is 1. The molecule has 0 aromatic rings. The highest BCUT2D eigenvalue weighted by molar-refractivity contribution is 5.26. The molecule has 0 saturated heterocycles. The van der Waals surface area contributed by atoms with Gasteiger partial charge in [0.05, 0.1) is 0 Å². The molecule has 6 rings (SSSR count). The summed E-state index contributed by atoms with van der Waals surface area (Å²) < 4.78 is 0. The summed E-state index contributed by atoms with van der Waals surface area (Å²) in [6.45, 7) is 0. The summed E-state index contributed by atoms with van der Waals surface area (Å²) >= 11 is 0. The van der Waals surface area contributed by atoms with Gasteiger partial charge in [0.15, 0.2) is 0 Å². The fourth-order valence-electron chi connectivity index (χ4n) is 10.0. The smallest absolute Gasteiger partial charge is 0.00757 e. The molecule has 132 valence electrons. The molecule has 0 bridgehead atoms. The normalized spacial score (nSPS) is 61.0. The Labute approximate surface area is 147 Å². The Morgan fingerprint density at radius 1 is 0.708 bits per heavy atom. The number of fused-ring (bicyclic) bond motifs is 10. The molecule has 6 aliphatic rings. The SMILES string of the molecule is NC1CCC2C3C=CCC3C3(C4CCCCC4C4CCCCC43)C12. The minimum atomic E-state index is 0.525. The van der Waals surface area contributed by atoms with Gasteiger partial charge in [0.25, 0.3) is 0 Å². The van der Waals surface area contributed by atoms with Crippen molar-refractivity contribution in [3.63, 3.8) is 0 Å². The first kappa shape index (κ1) is 14.8. The van der Waals surface area contributed by atoms with Gasteiger partial charge >= 0.3 is 0 Å². The van der Waals surface area contributed by atoms with Crippen LogP contribution in [0.3, 0.4) is 0 Å². The van der Waals surface area contributed by atoms with Crippen molar-refractivity contribution in [2.75, 3.05) is 0 Å². The molecule has 6 aliphatic carbocycles. The molecule has 5 fully saturated rings. The first-order chi connectivity index (χ1) is 11.8. The van der Waals surface area contributed by atoms with Gasteiger partial charge in [-0.2, -0.15) is 0 Å². The van der Waals surface area contributed by atoms with Crippen molar-refractivity contribution in [3.05, 3.63) is 12.2 Å². The van der Waals surface area contributed by atoms with Gasteiger partial charge in [0.1, 0.15) is 0 Å². The van der Waals surface area contributed by atoms with Crippen molar-refractivity contribution in [1.82, 2.24) is 0 Å². The van der Waals surface area contributed by atoms with Gasteiger partial charge in [-0.1, -0.05) is 37.8 Å². The average Bonchev–Trinajstić information content (AvgIpc) is 3.33. The van der Waals surface area contributed by atoms with Crippen LogP contribution in [0.5, 0.6) is 0 Å². The third-order valence-corrected chi connectivity index (χ3v) is 10.2. The third kappa shape index (κ3) is 1.58. The van der Waals surface area contributed by atoms with Gasteiger partial charge < -0.3 is 5.73 Å². The van der Waals surface area contributed by atoms with Crippen LogP contribution in [0.15, 0.2) is 12.2 Å². The van der Waals surface area contributed by atoms with E-state index < -0.39 is 0 Å². The highest BCUT2D eigenvalue weighted by atomic mass is 14.8. The summed E-state index contributed by atoms with van der Waals surface area (Å²) in [7, 11) is 0. The van der Waals surface area contributed by atoms with Crippen molar-refractivity contribution in [1.29, 1.82) is 0 Å². The van der Waals surface area contributed by atoms with Crippen molar-refractivity contribution >= 4 is 0 Å². The highest BCUT2D eigenvalue weighted by Gasteiger charge is 2.73. The lowest BCUT2D eigenvalue weighted by Crippen LogP contribution is -2.49. The standard InChI is InChI=1S/C23H35N/c24-21-13-12-17-16-8-5-11-20(16)23(22(17)21)18-9-3-1-6-14(18)15-7-2-4-10-19(15)23/h5,8,14-22H,1-4,6-7,9-13,24H2. The monoisotopic (exact) mass is 325 g/mol. The molecule has 5 saturated carbocycles. The highest BCUT2D eigenvalue weighted by Crippen LogP contribution is 2.77. The lowest BCUT2D eigenvalue weighted by Gasteiger charge is -2.50. The van der Waals surface area contributed by atoms with E-state index in [0.717, 1.165) is 47.3 Å². The fourth-order valence-corrected chi connectivity index (χ4v) is 10.0. The van der Waals surface area contributed by atoms with Crippen LogP contribution in [0, 0.1) is 52.8 Å². The van der Waals surface area contributed by atoms with Crippen LogP contribution in [-0.4, -0.2) is 6.04 Å². The van der Waals surface area contributed by atoms with E-state index >= 15 is 0 Å². The van der Waals surface area contributed by atoms with Gasteiger partial charge in [-0.15, -0.1) is 0 Å². The molecule has 24 heavy (non-hydrogen) atoms. The Bertz CT molecular complexity index is 528. The van der Waals surface area contributed by atoms with Crippen LogP contribution >= 0.6 is 0 Å². The second-order valence-corrected chi connectivity index (χ2v) is 10.4. The van der Waals surface area contributed by atoms with Crippen LogP contribution in [-0.2, 0) is 0 Å². The predicted molar refractivity (Wildman–Crippen MR) is 98.3 cm³/mol. The minimum absolute atomic E-state index is 0.525. The summed E-state index contributed by atoms with van der Waals surface area (Å²) in [5, 5.41) is 0. The van der Waals surface area contributed by atoms with E-state index in [4.69, 9.17) is 5.73 Å². The number of hydrogen-bond donors (Lipinski definition) is 1. The molecule has 9 unspecified atom stereocenters. The zero-order valence-electron chi connectivity index (χ0n) is 15.2. The van der Waals surface area contributed by atoms with Crippen LogP contribution in [0.4, 0.5) is 0 Å². The number of allylic oxidation sites excluding steroid dienone is 2. The van der Waals surface area contributed by atoms with E-state index in [1.165, 1.54) is 44.9 Å².